The van der Waals surface area contributed by atoms with Crippen LogP contribution in [0.3, 0.4) is 0 Å². The van der Waals surface area contributed by atoms with E-state index in [9.17, 15) is 9.59 Å². The monoisotopic (exact) mass is 535 g/mol. The van der Waals surface area contributed by atoms with Crippen LogP contribution in [0.2, 0.25) is 5.02 Å². The Kier molecular flexibility index (Phi) is 8.73. The number of halogens is 1. The Morgan fingerprint density at radius 2 is 1.76 bits per heavy atom. The second kappa shape index (κ2) is 12.4. The van der Waals surface area contributed by atoms with Crippen molar-refractivity contribution in [3.05, 3.63) is 76.8 Å². The molecular weight excluding hydrogens is 510 g/mol. The van der Waals surface area contributed by atoms with Crippen LogP contribution in [0.25, 0.3) is 34.0 Å². The van der Waals surface area contributed by atoms with E-state index in [0.717, 1.165) is 28.0 Å². The number of para-hydroxylation sites is 1. The number of ether oxygens (including phenoxy) is 3. The first-order valence-corrected chi connectivity index (χ1v) is 12.1. The lowest BCUT2D eigenvalue weighted by Gasteiger charge is -2.13. The standard InChI is InChI=1S/C28H26ClN3O6/c1-35-16-19-14-18(9-10-20(19)21-6-4-5-7-24(21)36-2)28-31-26(32-38-28)17-8-11-22(23(29)15-17)27(34)30-13-12-25(33)37-3/h4-11,14-15H,12-13,16H2,1-3H3,(H,30,34). The molecule has 0 aliphatic heterocycles. The molecule has 0 saturated heterocycles. The molecule has 1 heterocycles. The van der Waals surface area contributed by atoms with Crippen molar-refractivity contribution < 1.29 is 28.3 Å². The summed E-state index contributed by atoms with van der Waals surface area (Å²) in [6.07, 6.45) is 0.0650. The molecule has 38 heavy (non-hydrogen) atoms. The lowest BCUT2D eigenvalue weighted by molar-refractivity contribution is -0.140. The third kappa shape index (κ3) is 6.01. The summed E-state index contributed by atoms with van der Waals surface area (Å²) in [5.74, 6) is 0.588. The Hall–Kier alpha value is -4.21. The minimum atomic E-state index is -0.413. The zero-order valence-electron chi connectivity index (χ0n) is 21.1. The van der Waals surface area contributed by atoms with Crippen molar-refractivity contribution in [2.24, 2.45) is 0 Å². The average molecular weight is 536 g/mol. The van der Waals surface area contributed by atoms with Crippen LogP contribution in [-0.2, 0) is 20.9 Å². The summed E-state index contributed by atoms with van der Waals surface area (Å²) in [6.45, 7) is 0.514. The van der Waals surface area contributed by atoms with Crippen molar-refractivity contribution >= 4 is 23.5 Å². The maximum Gasteiger partial charge on any atom is 0.307 e. The highest BCUT2D eigenvalue weighted by atomic mass is 35.5. The quantitative estimate of drug-likeness (QED) is 0.277. The molecule has 0 radical (unpaired) electrons. The molecule has 4 aromatic rings. The summed E-state index contributed by atoms with van der Waals surface area (Å²) in [6, 6.07) is 18.4. The normalized spacial score (nSPS) is 10.7. The number of carbonyl (C=O) groups excluding carboxylic acids is 2. The van der Waals surface area contributed by atoms with Crippen LogP contribution in [0.15, 0.2) is 65.2 Å². The van der Waals surface area contributed by atoms with Crippen LogP contribution in [0.5, 0.6) is 5.75 Å². The highest BCUT2D eigenvalue weighted by Crippen LogP contribution is 2.35. The van der Waals surface area contributed by atoms with Crippen molar-refractivity contribution in [2.45, 2.75) is 13.0 Å². The fraction of sp³-hybridized carbons (Fsp3) is 0.214. The molecule has 9 nitrogen and oxygen atoms in total. The van der Waals surface area contributed by atoms with Gasteiger partial charge in [-0.2, -0.15) is 4.98 Å². The number of methoxy groups -OCH3 is 3. The van der Waals surface area contributed by atoms with Gasteiger partial charge in [0.25, 0.3) is 11.8 Å². The van der Waals surface area contributed by atoms with Crippen molar-refractivity contribution in [2.75, 3.05) is 27.9 Å². The SMILES string of the molecule is COCc1cc(-c2nc(-c3ccc(C(=O)NCCC(=O)OC)c(Cl)c3)no2)ccc1-c1ccccc1OC. The number of rotatable bonds is 10. The summed E-state index contributed by atoms with van der Waals surface area (Å²) in [7, 11) is 4.56. The first-order chi connectivity index (χ1) is 18.4. The van der Waals surface area contributed by atoms with Crippen LogP contribution >= 0.6 is 11.6 Å². The van der Waals surface area contributed by atoms with Crippen molar-refractivity contribution in [3.63, 3.8) is 0 Å². The molecule has 0 bridgehead atoms. The Labute approximate surface area is 224 Å². The van der Waals surface area contributed by atoms with Gasteiger partial charge in [0.2, 0.25) is 5.82 Å². The van der Waals surface area contributed by atoms with E-state index in [2.05, 4.69) is 20.2 Å². The summed E-state index contributed by atoms with van der Waals surface area (Å²) in [4.78, 5) is 28.2. The second-order valence-corrected chi connectivity index (χ2v) is 8.61. The van der Waals surface area contributed by atoms with Gasteiger partial charge in [0, 0.05) is 30.3 Å². The van der Waals surface area contributed by atoms with Gasteiger partial charge in [0.1, 0.15) is 5.75 Å². The largest absolute Gasteiger partial charge is 0.496 e. The number of amides is 1. The first kappa shape index (κ1) is 26.8. The van der Waals surface area contributed by atoms with Crippen molar-refractivity contribution in [1.82, 2.24) is 15.5 Å². The van der Waals surface area contributed by atoms with Crippen LogP contribution in [0.4, 0.5) is 0 Å². The number of esters is 1. The number of benzene rings is 3. The third-order valence-corrected chi connectivity index (χ3v) is 6.10. The Morgan fingerprint density at radius 1 is 0.974 bits per heavy atom. The molecule has 0 aliphatic rings. The van der Waals surface area contributed by atoms with Gasteiger partial charge in [-0.3, -0.25) is 9.59 Å². The summed E-state index contributed by atoms with van der Waals surface area (Å²) < 4.78 is 21.1. The fourth-order valence-electron chi connectivity index (χ4n) is 3.90. The van der Waals surface area contributed by atoms with Gasteiger partial charge < -0.3 is 24.1 Å². The lowest BCUT2D eigenvalue weighted by atomic mass is 9.97. The minimum Gasteiger partial charge on any atom is -0.496 e. The van der Waals surface area contributed by atoms with Crippen molar-refractivity contribution in [3.8, 4) is 39.7 Å². The van der Waals surface area contributed by atoms with E-state index in [1.165, 1.54) is 7.11 Å². The van der Waals surface area contributed by atoms with Gasteiger partial charge in [-0.1, -0.05) is 47.1 Å². The topological polar surface area (TPSA) is 113 Å². The predicted octanol–water partition coefficient (Wildman–Crippen LogP) is 5.17. The number of hydrogen-bond donors (Lipinski definition) is 1. The first-order valence-electron chi connectivity index (χ1n) is 11.7. The van der Waals surface area contributed by atoms with E-state index < -0.39 is 11.9 Å². The number of nitrogens with one attached hydrogen (secondary N) is 1. The molecule has 1 aromatic heterocycles. The van der Waals surface area contributed by atoms with Crippen LogP contribution in [-0.4, -0.2) is 49.9 Å². The van der Waals surface area contributed by atoms with Gasteiger partial charge in [-0.05, 0) is 41.5 Å². The minimum absolute atomic E-state index is 0.0650. The zero-order valence-corrected chi connectivity index (χ0v) is 21.9. The van der Waals surface area contributed by atoms with Gasteiger partial charge in [-0.25, -0.2) is 0 Å². The highest BCUT2D eigenvalue weighted by Gasteiger charge is 2.17. The molecule has 0 spiro atoms. The third-order valence-electron chi connectivity index (χ3n) is 5.79. The summed E-state index contributed by atoms with van der Waals surface area (Å²) >= 11 is 6.36. The Morgan fingerprint density at radius 3 is 2.50 bits per heavy atom. The summed E-state index contributed by atoms with van der Waals surface area (Å²) in [5, 5.41) is 6.95. The maximum atomic E-state index is 12.4. The van der Waals surface area contributed by atoms with Crippen LogP contribution < -0.4 is 10.1 Å². The number of nitrogens with zero attached hydrogens (tertiary/aromatic N) is 2. The van der Waals surface area contributed by atoms with Crippen LogP contribution in [0, 0.1) is 0 Å². The van der Waals surface area contributed by atoms with E-state index in [1.54, 1.807) is 32.4 Å². The number of hydrogen-bond acceptors (Lipinski definition) is 8. The molecule has 10 heteroatoms. The molecule has 1 amide bonds. The Balaban J connectivity index is 1.56. The highest BCUT2D eigenvalue weighted by molar-refractivity contribution is 6.34. The number of aromatic nitrogens is 2. The van der Waals surface area contributed by atoms with Gasteiger partial charge in [0.05, 0.1) is 37.8 Å². The Bertz CT molecular complexity index is 1450. The molecule has 196 valence electrons. The van der Waals surface area contributed by atoms with E-state index in [-0.39, 0.29) is 23.6 Å². The molecule has 0 fully saturated rings. The molecule has 3 aromatic carbocycles. The van der Waals surface area contributed by atoms with E-state index in [0.29, 0.717) is 23.9 Å². The van der Waals surface area contributed by atoms with Gasteiger partial charge in [-0.15, -0.1) is 0 Å². The van der Waals surface area contributed by atoms with E-state index in [4.69, 9.17) is 25.6 Å². The van der Waals surface area contributed by atoms with Gasteiger partial charge in [0.15, 0.2) is 0 Å². The maximum absolute atomic E-state index is 12.4. The molecule has 0 saturated carbocycles. The molecule has 0 atom stereocenters. The number of carbonyl (C=O) groups is 2. The second-order valence-electron chi connectivity index (χ2n) is 8.21. The van der Waals surface area contributed by atoms with Crippen LogP contribution in [0.1, 0.15) is 22.3 Å². The lowest BCUT2D eigenvalue weighted by Crippen LogP contribution is -2.26. The zero-order chi connectivity index (χ0) is 27.1. The molecular formula is C28H26ClN3O6. The van der Waals surface area contributed by atoms with Gasteiger partial charge >= 0.3 is 5.97 Å². The smallest absolute Gasteiger partial charge is 0.307 e. The average Bonchev–Trinajstić information content (AvgIpc) is 3.43. The summed E-state index contributed by atoms with van der Waals surface area (Å²) in [5.41, 5.74) is 4.42. The fourth-order valence-corrected chi connectivity index (χ4v) is 4.17. The van der Waals surface area contributed by atoms with E-state index >= 15 is 0 Å². The molecule has 0 unspecified atom stereocenters. The molecule has 4 rings (SSSR count). The molecule has 0 aliphatic carbocycles. The van der Waals surface area contributed by atoms with Crippen molar-refractivity contribution in [1.29, 1.82) is 0 Å². The van der Waals surface area contributed by atoms with E-state index in [1.807, 2.05) is 42.5 Å². The molecule has 1 N–H and O–H groups in total. The predicted molar refractivity (Wildman–Crippen MR) is 142 cm³/mol.